The van der Waals surface area contributed by atoms with Gasteiger partial charge >= 0.3 is 6.03 Å². The molecule has 2 heterocycles. The molecule has 0 bridgehead atoms. The summed E-state index contributed by atoms with van der Waals surface area (Å²) in [5, 5.41) is 2.57. The number of anilines is 1. The Morgan fingerprint density at radius 2 is 2.17 bits per heavy atom. The highest BCUT2D eigenvalue weighted by Gasteiger charge is 2.35. The van der Waals surface area contributed by atoms with Gasteiger partial charge in [-0.15, -0.1) is 0 Å². The van der Waals surface area contributed by atoms with Crippen LogP contribution in [0.15, 0.2) is 42.7 Å². The van der Waals surface area contributed by atoms with Crippen molar-refractivity contribution >= 4 is 11.7 Å². The van der Waals surface area contributed by atoms with E-state index in [-0.39, 0.29) is 23.5 Å². The lowest BCUT2D eigenvalue weighted by Gasteiger charge is -2.27. The summed E-state index contributed by atoms with van der Waals surface area (Å²) in [5.74, 6) is -0.720. The van der Waals surface area contributed by atoms with Crippen LogP contribution in [0.1, 0.15) is 24.9 Å². The minimum atomic E-state index is -0.588. The molecule has 1 fully saturated rings. The summed E-state index contributed by atoms with van der Waals surface area (Å²) in [6, 6.07) is 7.05. The first-order chi connectivity index (χ1) is 11.1. The summed E-state index contributed by atoms with van der Waals surface area (Å²) in [5.41, 5.74) is 0.836. The van der Waals surface area contributed by atoms with Gasteiger partial charge in [-0.1, -0.05) is 19.1 Å². The normalized spacial score (nSPS) is 20.6. The molecule has 3 rings (SSSR count). The Morgan fingerprint density at radius 1 is 1.35 bits per heavy atom. The van der Waals surface area contributed by atoms with Gasteiger partial charge in [0.1, 0.15) is 5.82 Å². The highest BCUT2D eigenvalue weighted by Crippen LogP contribution is 2.37. The minimum absolute atomic E-state index is 0.0857. The molecule has 0 aliphatic carbocycles. The Kier molecular flexibility index (Phi) is 4.23. The average molecular weight is 317 g/mol. The minimum Gasteiger partial charge on any atom is -0.317 e. The molecular formula is C17H17F2N3O. The van der Waals surface area contributed by atoms with Crippen LogP contribution in [0.25, 0.3) is 0 Å². The number of rotatable bonds is 2. The van der Waals surface area contributed by atoms with E-state index >= 15 is 0 Å². The molecule has 23 heavy (non-hydrogen) atoms. The molecule has 0 spiro atoms. The predicted molar refractivity (Wildman–Crippen MR) is 82.8 cm³/mol. The van der Waals surface area contributed by atoms with E-state index in [1.165, 1.54) is 24.4 Å². The number of likely N-dealkylation sites (tertiary alicyclic amines) is 1. The van der Waals surface area contributed by atoms with Crippen molar-refractivity contribution in [3.63, 3.8) is 0 Å². The lowest BCUT2D eigenvalue weighted by molar-refractivity contribution is 0.201. The van der Waals surface area contributed by atoms with Crippen LogP contribution in [-0.2, 0) is 0 Å². The van der Waals surface area contributed by atoms with Gasteiger partial charge in [-0.25, -0.2) is 13.6 Å². The number of hydrogen-bond acceptors (Lipinski definition) is 2. The number of halogens is 2. The summed E-state index contributed by atoms with van der Waals surface area (Å²) >= 11 is 0. The molecule has 1 saturated heterocycles. The first-order valence-corrected chi connectivity index (χ1v) is 7.49. The maximum atomic E-state index is 13.6. The number of aromatic nitrogens is 1. The van der Waals surface area contributed by atoms with Gasteiger partial charge in [0, 0.05) is 12.7 Å². The topological polar surface area (TPSA) is 45.2 Å². The molecule has 1 aromatic heterocycles. The summed E-state index contributed by atoms with van der Waals surface area (Å²) in [6.45, 7) is 2.57. The first kappa shape index (κ1) is 15.4. The van der Waals surface area contributed by atoms with Crippen molar-refractivity contribution < 1.29 is 13.6 Å². The molecule has 0 unspecified atom stereocenters. The van der Waals surface area contributed by atoms with Crippen LogP contribution >= 0.6 is 0 Å². The van der Waals surface area contributed by atoms with Crippen LogP contribution in [-0.4, -0.2) is 22.5 Å². The van der Waals surface area contributed by atoms with Gasteiger partial charge in [0.05, 0.1) is 17.9 Å². The Morgan fingerprint density at radius 3 is 2.91 bits per heavy atom. The molecule has 1 aromatic carbocycles. The summed E-state index contributed by atoms with van der Waals surface area (Å²) in [4.78, 5) is 17.8. The van der Waals surface area contributed by atoms with Gasteiger partial charge in [-0.05, 0) is 36.1 Å². The third-order valence-electron chi connectivity index (χ3n) is 4.17. The van der Waals surface area contributed by atoms with Gasteiger partial charge in [0.2, 0.25) is 0 Å². The molecule has 1 N–H and O–H groups in total. The highest BCUT2D eigenvalue weighted by molar-refractivity contribution is 5.89. The monoisotopic (exact) mass is 317 g/mol. The van der Waals surface area contributed by atoms with E-state index in [0.29, 0.717) is 6.54 Å². The van der Waals surface area contributed by atoms with Crippen LogP contribution in [0, 0.1) is 17.6 Å². The van der Waals surface area contributed by atoms with E-state index in [0.717, 1.165) is 18.2 Å². The fourth-order valence-corrected chi connectivity index (χ4v) is 3.04. The summed E-state index contributed by atoms with van der Waals surface area (Å²) < 4.78 is 27.1. The van der Waals surface area contributed by atoms with Gasteiger partial charge in [0.25, 0.3) is 0 Å². The average Bonchev–Trinajstić information content (AvgIpc) is 2.91. The Balaban J connectivity index is 1.83. The zero-order valence-corrected chi connectivity index (χ0v) is 12.7. The van der Waals surface area contributed by atoms with E-state index in [1.807, 2.05) is 13.0 Å². The molecule has 0 radical (unpaired) electrons. The zero-order valence-electron chi connectivity index (χ0n) is 12.7. The fourth-order valence-electron chi connectivity index (χ4n) is 3.04. The number of nitrogens with one attached hydrogen (secondary N) is 1. The molecule has 0 saturated carbocycles. The summed E-state index contributed by atoms with van der Waals surface area (Å²) in [7, 11) is 0. The van der Waals surface area contributed by atoms with Crippen molar-refractivity contribution in [3.05, 3.63) is 59.9 Å². The Hall–Kier alpha value is -2.50. The Labute approximate surface area is 133 Å². The van der Waals surface area contributed by atoms with Gasteiger partial charge in [-0.3, -0.25) is 4.98 Å². The van der Waals surface area contributed by atoms with Crippen molar-refractivity contribution in [3.8, 4) is 0 Å². The van der Waals surface area contributed by atoms with E-state index in [1.54, 1.807) is 11.0 Å². The SMILES string of the molecule is C[C@H]1CCN(C(=O)Nc2ccncc2F)[C@@H]1c1cccc(F)c1. The second kappa shape index (κ2) is 6.32. The second-order valence-electron chi connectivity index (χ2n) is 5.74. The molecule has 2 aromatic rings. The molecule has 2 amide bonds. The molecule has 4 nitrogen and oxygen atoms in total. The van der Waals surface area contributed by atoms with E-state index in [4.69, 9.17) is 0 Å². The third kappa shape index (κ3) is 3.16. The molecule has 1 aliphatic rings. The van der Waals surface area contributed by atoms with Crippen LogP contribution in [0.4, 0.5) is 19.3 Å². The van der Waals surface area contributed by atoms with Crippen LogP contribution in [0.5, 0.6) is 0 Å². The van der Waals surface area contributed by atoms with Crippen LogP contribution in [0.2, 0.25) is 0 Å². The van der Waals surface area contributed by atoms with E-state index in [9.17, 15) is 13.6 Å². The number of amides is 2. The molecular weight excluding hydrogens is 300 g/mol. The molecule has 120 valence electrons. The van der Waals surface area contributed by atoms with Crippen molar-refractivity contribution in [1.82, 2.24) is 9.88 Å². The first-order valence-electron chi connectivity index (χ1n) is 7.49. The quantitative estimate of drug-likeness (QED) is 0.911. The predicted octanol–water partition coefficient (Wildman–Crippen LogP) is 3.97. The van der Waals surface area contributed by atoms with Crippen molar-refractivity contribution in [2.45, 2.75) is 19.4 Å². The number of urea groups is 1. The van der Waals surface area contributed by atoms with Crippen LogP contribution < -0.4 is 5.32 Å². The van der Waals surface area contributed by atoms with Crippen molar-refractivity contribution in [1.29, 1.82) is 0 Å². The lowest BCUT2D eigenvalue weighted by Crippen LogP contribution is -2.35. The number of carbonyl (C=O) groups is 1. The Bertz CT molecular complexity index is 722. The zero-order chi connectivity index (χ0) is 16.4. The van der Waals surface area contributed by atoms with Crippen molar-refractivity contribution in [2.24, 2.45) is 5.92 Å². The smallest absolute Gasteiger partial charge is 0.317 e. The van der Waals surface area contributed by atoms with E-state index in [2.05, 4.69) is 10.3 Å². The molecule has 1 aliphatic heterocycles. The van der Waals surface area contributed by atoms with Crippen LogP contribution in [0.3, 0.4) is 0 Å². The highest BCUT2D eigenvalue weighted by atomic mass is 19.1. The van der Waals surface area contributed by atoms with Gasteiger partial charge < -0.3 is 10.2 Å². The van der Waals surface area contributed by atoms with Gasteiger partial charge in [-0.2, -0.15) is 0 Å². The van der Waals surface area contributed by atoms with Gasteiger partial charge in [0.15, 0.2) is 5.82 Å². The second-order valence-corrected chi connectivity index (χ2v) is 5.74. The third-order valence-corrected chi connectivity index (χ3v) is 4.17. The van der Waals surface area contributed by atoms with Crippen molar-refractivity contribution in [2.75, 3.05) is 11.9 Å². The largest absolute Gasteiger partial charge is 0.322 e. The number of hydrogen-bond donors (Lipinski definition) is 1. The maximum Gasteiger partial charge on any atom is 0.322 e. The number of benzene rings is 1. The number of carbonyl (C=O) groups excluding carboxylic acids is 1. The number of pyridine rings is 1. The lowest BCUT2D eigenvalue weighted by atomic mass is 9.95. The summed E-state index contributed by atoms with van der Waals surface area (Å²) in [6.07, 6.45) is 3.27. The molecule has 2 atom stereocenters. The standard InChI is InChI=1S/C17H17F2N3O/c1-11-6-8-22(16(11)12-3-2-4-13(18)9-12)17(23)21-15-5-7-20-10-14(15)19/h2-5,7,9-11,16H,6,8H2,1H3,(H,20,21,23)/t11-,16-/m0/s1. The fraction of sp³-hybridized carbons (Fsp3) is 0.294. The number of nitrogens with zero attached hydrogens (tertiary/aromatic N) is 2. The van der Waals surface area contributed by atoms with E-state index < -0.39 is 11.8 Å². The maximum absolute atomic E-state index is 13.6. The molecule has 6 heteroatoms.